The molecule has 2 rings (SSSR count). The van der Waals surface area contributed by atoms with Crippen molar-refractivity contribution in [2.24, 2.45) is 11.7 Å². The second kappa shape index (κ2) is 6.48. The number of nitrogens with zero attached hydrogens (tertiary/aromatic N) is 2. The normalized spacial score (nSPS) is 12.6. The van der Waals surface area contributed by atoms with Gasteiger partial charge in [0.1, 0.15) is 0 Å². The fraction of sp³-hybridized carbons (Fsp3) is 0.467. The largest absolute Gasteiger partial charge is 0.339 e. The van der Waals surface area contributed by atoms with Gasteiger partial charge in [-0.25, -0.2) is 0 Å². The fourth-order valence-corrected chi connectivity index (χ4v) is 2.09. The number of rotatable bonds is 6. The first-order valence-electron chi connectivity index (χ1n) is 6.78. The first kappa shape index (κ1) is 13.7. The first-order valence-corrected chi connectivity index (χ1v) is 6.78. The summed E-state index contributed by atoms with van der Waals surface area (Å²) < 4.78 is 5.28. The molecule has 0 radical (unpaired) electrons. The van der Waals surface area contributed by atoms with Gasteiger partial charge >= 0.3 is 0 Å². The molecule has 0 saturated carbocycles. The summed E-state index contributed by atoms with van der Waals surface area (Å²) in [6.07, 6.45) is 2.52. The fourth-order valence-electron chi connectivity index (χ4n) is 2.09. The van der Waals surface area contributed by atoms with E-state index in [9.17, 15) is 0 Å². The molecule has 4 nitrogen and oxygen atoms in total. The molecule has 1 atom stereocenters. The van der Waals surface area contributed by atoms with E-state index in [2.05, 4.69) is 42.2 Å². The van der Waals surface area contributed by atoms with Gasteiger partial charge in [-0.3, -0.25) is 0 Å². The van der Waals surface area contributed by atoms with E-state index in [-0.39, 0.29) is 0 Å². The van der Waals surface area contributed by atoms with Gasteiger partial charge in [0.2, 0.25) is 5.89 Å². The van der Waals surface area contributed by atoms with E-state index in [4.69, 9.17) is 10.3 Å². The third kappa shape index (κ3) is 3.89. The molecule has 1 aromatic heterocycles. The zero-order valence-corrected chi connectivity index (χ0v) is 11.6. The van der Waals surface area contributed by atoms with Crippen molar-refractivity contribution >= 4 is 0 Å². The molecule has 0 spiro atoms. The Labute approximate surface area is 114 Å². The predicted molar refractivity (Wildman–Crippen MR) is 74.8 cm³/mol. The Kier molecular flexibility index (Phi) is 4.68. The van der Waals surface area contributed by atoms with Crippen LogP contribution in [0.3, 0.4) is 0 Å². The maximum absolute atomic E-state index is 5.69. The topological polar surface area (TPSA) is 64.9 Å². The van der Waals surface area contributed by atoms with Gasteiger partial charge in [0.25, 0.3) is 0 Å². The van der Waals surface area contributed by atoms with Crippen LogP contribution in [0.2, 0.25) is 0 Å². The molecule has 0 bridgehead atoms. The molecule has 4 heteroatoms. The molecule has 0 aliphatic rings. The molecule has 0 fully saturated rings. The number of hydrogen-bond acceptors (Lipinski definition) is 4. The Morgan fingerprint density at radius 3 is 2.89 bits per heavy atom. The Bertz CT molecular complexity index is 518. The van der Waals surface area contributed by atoms with Crippen molar-refractivity contribution in [2.75, 3.05) is 6.54 Å². The average Bonchev–Trinajstić information content (AvgIpc) is 2.83. The molecule has 0 amide bonds. The SMILES string of the molecule is CCC(CN)Cc1nc(Cc2cccc(C)c2)no1. The van der Waals surface area contributed by atoms with Gasteiger partial charge in [0, 0.05) is 12.8 Å². The lowest BCUT2D eigenvalue weighted by Crippen LogP contribution is -2.16. The van der Waals surface area contributed by atoms with Crippen LogP contribution in [0.25, 0.3) is 0 Å². The quantitative estimate of drug-likeness (QED) is 0.865. The van der Waals surface area contributed by atoms with Crippen LogP contribution in [-0.2, 0) is 12.8 Å². The van der Waals surface area contributed by atoms with Crippen LogP contribution in [0.5, 0.6) is 0 Å². The van der Waals surface area contributed by atoms with Crippen LogP contribution < -0.4 is 5.73 Å². The van der Waals surface area contributed by atoms with Crippen molar-refractivity contribution in [3.05, 3.63) is 47.1 Å². The Balaban J connectivity index is 2.01. The molecule has 1 heterocycles. The molecule has 0 aliphatic heterocycles. The van der Waals surface area contributed by atoms with E-state index < -0.39 is 0 Å². The Morgan fingerprint density at radius 2 is 2.21 bits per heavy atom. The minimum Gasteiger partial charge on any atom is -0.339 e. The second-order valence-electron chi connectivity index (χ2n) is 4.98. The van der Waals surface area contributed by atoms with Gasteiger partial charge in [-0.05, 0) is 24.9 Å². The molecule has 1 aromatic carbocycles. The molecule has 0 aliphatic carbocycles. The van der Waals surface area contributed by atoms with Crippen molar-refractivity contribution in [3.8, 4) is 0 Å². The van der Waals surface area contributed by atoms with Gasteiger partial charge < -0.3 is 10.3 Å². The van der Waals surface area contributed by atoms with Crippen molar-refractivity contribution in [1.29, 1.82) is 0 Å². The maximum atomic E-state index is 5.69. The summed E-state index contributed by atoms with van der Waals surface area (Å²) in [5.74, 6) is 1.86. The smallest absolute Gasteiger partial charge is 0.226 e. The third-order valence-electron chi connectivity index (χ3n) is 3.33. The summed E-state index contributed by atoms with van der Waals surface area (Å²) in [6, 6.07) is 8.36. The van der Waals surface area contributed by atoms with Crippen LogP contribution >= 0.6 is 0 Å². The molecule has 0 saturated heterocycles. The minimum absolute atomic E-state index is 0.423. The van der Waals surface area contributed by atoms with Gasteiger partial charge in [0.15, 0.2) is 5.82 Å². The van der Waals surface area contributed by atoms with E-state index in [1.807, 2.05) is 6.07 Å². The molecule has 1 unspecified atom stereocenters. The standard InChI is InChI=1S/C15H21N3O/c1-3-12(10-16)9-15-17-14(18-19-15)8-13-6-4-5-11(2)7-13/h4-7,12H,3,8-10,16H2,1-2H3. The highest BCUT2D eigenvalue weighted by Crippen LogP contribution is 2.12. The third-order valence-corrected chi connectivity index (χ3v) is 3.33. The van der Waals surface area contributed by atoms with Gasteiger partial charge in [-0.1, -0.05) is 48.3 Å². The van der Waals surface area contributed by atoms with Crippen molar-refractivity contribution < 1.29 is 4.52 Å². The number of aromatic nitrogens is 2. The number of nitrogens with two attached hydrogens (primary N) is 1. The van der Waals surface area contributed by atoms with Crippen LogP contribution in [0.15, 0.2) is 28.8 Å². The molecular weight excluding hydrogens is 238 g/mol. The van der Waals surface area contributed by atoms with Crippen LogP contribution in [0.4, 0.5) is 0 Å². The van der Waals surface area contributed by atoms with E-state index in [0.717, 1.165) is 18.7 Å². The summed E-state index contributed by atoms with van der Waals surface area (Å²) >= 11 is 0. The zero-order chi connectivity index (χ0) is 13.7. The average molecular weight is 259 g/mol. The monoisotopic (exact) mass is 259 g/mol. The Hall–Kier alpha value is -1.68. The highest BCUT2D eigenvalue weighted by atomic mass is 16.5. The van der Waals surface area contributed by atoms with Crippen molar-refractivity contribution in [2.45, 2.75) is 33.1 Å². The Morgan fingerprint density at radius 1 is 1.37 bits per heavy atom. The summed E-state index contributed by atoms with van der Waals surface area (Å²) in [7, 11) is 0. The molecular formula is C15H21N3O. The van der Waals surface area contributed by atoms with Crippen LogP contribution in [0, 0.1) is 12.8 Å². The van der Waals surface area contributed by atoms with E-state index in [1.54, 1.807) is 0 Å². The maximum Gasteiger partial charge on any atom is 0.226 e. The van der Waals surface area contributed by atoms with Crippen molar-refractivity contribution in [3.63, 3.8) is 0 Å². The van der Waals surface area contributed by atoms with Crippen LogP contribution in [-0.4, -0.2) is 16.7 Å². The first-order chi connectivity index (χ1) is 9.21. The molecule has 102 valence electrons. The minimum atomic E-state index is 0.423. The van der Waals surface area contributed by atoms with Gasteiger partial charge in [-0.15, -0.1) is 0 Å². The van der Waals surface area contributed by atoms with Crippen LogP contribution in [0.1, 0.15) is 36.2 Å². The van der Waals surface area contributed by atoms with Gasteiger partial charge in [-0.2, -0.15) is 4.98 Å². The summed E-state index contributed by atoms with van der Waals surface area (Å²) in [5.41, 5.74) is 8.14. The predicted octanol–water partition coefficient (Wildman–Crippen LogP) is 2.50. The molecule has 19 heavy (non-hydrogen) atoms. The second-order valence-corrected chi connectivity index (χ2v) is 4.98. The van der Waals surface area contributed by atoms with E-state index in [1.165, 1.54) is 11.1 Å². The van der Waals surface area contributed by atoms with E-state index in [0.29, 0.717) is 24.8 Å². The molecule has 2 N–H and O–H groups in total. The van der Waals surface area contributed by atoms with Crippen molar-refractivity contribution in [1.82, 2.24) is 10.1 Å². The van der Waals surface area contributed by atoms with E-state index >= 15 is 0 Å². The zero-order valence-electron chi connectivity index (χ0n) is 11.6. The highest BCUT2D eigenvalue weighted by Gasteiger charge is 2.12. The summed E-state index contributed by atoms with van der Waals surface area (Å²) in [5, 5.41) is 4.04. The number of aryl methyl sites for hydroxylation is 1. The summed E-state index contributed by atoms with van der Waals surface area (Å²) in [4.78, 5) is 4.44. The number of hydrogen-bond donors (Lipinski definition) is 1. The van der Waals surface area contributed by atoms with Gasteiger partial charge in [0.05, 0.1) is 0 Å². The lowest BCUT2D eigenvalue weighted by Gasteiger charge is -2.07. The lowest BCUT2D eigenvalue weighted by atomic mass is 10.0. The summed E-state index contributed by atoms with van der Waals surface area (Å²) in [6.45, 7) is 4.87. The number of benzene rings is 1. The molecule has 2 aromatic rings. The highest BCUT2D eigenvalue weighted by molar-refractivity contribution is 5.24. The lowest BCUT2D eigenvalue weighted by molar-refractivity contribution is 0.347.